The fourth-order valence-electron chi connectivity index (χ4n) is 1.32. The van der Waals surface area contributed by atoms with E-state index in [9.17, 15) is 26.3 Å². The van der Waals surface area contributed by atoms with Crippen molar-refractivity contribution < 1.29 is 26.3 Å². The van der Waals surface area contributed by atoms with Gasteiger partial charge in [-0.3, -0.25) is 0 Å². The minimum absolute atomic E-state index is 0.411. The highest BCUT2D eigenvalue weighted by Gasteiger charge is 2.12. The van der Waals surface area contributed by atoms with Crippen LogP contribution in [0.1, 0.15) is 0 Å². The topological polar surface area (TPSA) is 24.7 Å². The lowest BCUT2D eigenvalue weighted by molar-refractivity contribution is 0.447. The van der Waals surface area contributed by atoms with E-state index in [0.717, 1.165) is 0 Å². The smallest absolute Gasteiger partial charge is 0.194 e. The maximum absolute atomic E-state index is 12.9. The highest BCUT2D eigenvalue weighted by molar-refractivity contribution is 5.41. The van der Waals surface area contributed by atoms with Crippen LogP contribution in [0, 0.1) is 34.9 Å². The molecule has 2 rings (SSSR count). The lowest BCUT2D eigenvalue weighted by Gasteiger charge is -1.98. The summed E-state index contributed by atoms with van der Waals surface area (Å²) in [4.78, 5) is 0. The Kier molecular flexibility index (Phi) is 3.73. The molecule has 0 fully saturated rings. The molecule has 0 radical (unpaired) electrons. The quantitative estimate of drug-likeness (QED) is 0.425. The van der Waals surface area contributed by atoms with Gasteiger partial charge in [-0.1, -0.05) is 0 Å². The molecule has 0 amide bonds. The zero-order chi connectivity index (χ0) is 14.9. The number of halogens is 6. The van der Waals surface area contributed by atoms with Gasteiger partial charge in [0.1, 0.15) is 0 Å². The third-order valence-electron chi connectivity index (χ3n) is 2.22. The van der Waals surface area contributed by atoms with E-state index in [1.807, 2.05) is 0 Å². The van der Waals surface area contributed by atoms with Crippen LogP contribution in [0.2, 0.25) is 0 Å². The normalized spacial score (nSPS) is 11.3. The van der Waals surface area contributed by atoms with Crippen molar-refractivity contribution in [2.45, 2.75) is 0 Å². The molecule has 0 atom stereocenters. The Morgan fingerprint density at radius 1 is 0.500 bits per heavy atom. The molecule has 0 unspecified atom stereocenters. The maximum atomic E-state index is 12.9. The Labute approximate surface area is 108 Å². The zero-order valence-corrected chi connectivity index (χ0v) is 9.47. The number of rotatable bonds is 2. The van der Waals surface area contributed by atoms with Gasteiger partial charge in [-0.25, -0.2) is 26.3 Å². The van der Waals surface area contributed by atoms with Gasteiger partial charge in [-0.15, -0.1) is 0 Å². The van der Waals surface area contributed by atoms with Crippen molar-refractivity contribution in [1.29, 1.82) is 0 Å². The van der Waals surface area contributed by atoms with E-state index < -0.39 is 46.3 Å². The molecule has 20 heavy (non-hydrogen) atoms. The van der Waals surface area contributed by atoms with Gasteiger partial charge in [0.15, 0.2) is 34.9 Å². The van der Waals surface area contributed by atoms with Crippen molar-refractivity contribution in [3.05, 3.63) is 59.2 Å². The fraction of sp³-hybridized carbons (Fsp3) is 0. The predicted octanol–water partition coefficient (Wildman–Crippen LogP) is 4.94. The van der Waals surface area contributed by atoms with E-state index in [0.29, 0.717) is 24.3 Å². The second kappa shape index (κ2) is 5.32. The molecule has 0 heterocycles. The number of hydrogen-bond donors (Lipinski definition) is 0. The molecule has 0 aromatic heterocycles. The van der Waals surface area contributed by atoms with Crippen molar-refractivity contribution in [2.75, 3.05) is 0 Å². The van der Waals surface area contributed by atoms with Crippen molar-refractivity contribution in [1.82, 2.24) is 0 Å². The average molecular weight is 290 g/mol. The van der Waals surface area contributed by atoms with E-state index >= 15 is 0 Å². The molecule has 0 aliphatic carbocycles. The summed E-state index contributed by atoms with van der Waals surface area (Å²) in [6.45, 7) is 0. The molecule has 0 aliphatic rings. The second-order valence-electron chi connectivity index (χ2n) is 3.65. The molecule has 0 saturated carbocycles. The Bertz CT molecular complexity index is 593. The lowest BCUT2D eigenvalue weighted by atomic mass is 10.3. The van der Waals surface area contributed by atoms with Crippen LogP contribution >= 0.6 is 0 Å². The largest absolute Gasteiger partial charge is 0.204 e. The lowest BCUT2D eigenvalue weighted by Crippen LogP contribution is -1.89. The highest BCUT2D eigenvalue weighted by Crippen LogP contribution is 2.24. The summed E-state index contributed by atoms with van der Waals surface area (Å²) < 4.78 is 76.8. The first-order valence-electron chi connectivity index (χ1n) is 5.09. The number of benzene rings is 2. The van der Waals surface area contributed by atoms with Crippen molar-refractivity contribution in [3.63, 3.8) is 0 Å². The van der Waals surface area contributed by atoms with Crippen molar-refractivity contribution >= 4 is 11.4 Å². The number of azo groups is 1. The first-order valence-corrected chi connectivity index (χ1v) is 5.09. The summed E-state index contributed by atoms with van der Waals surface area (Å²) in [5.41, 5.74) is -0.821. The first-order chi connectivity index (χ1) is 9.38. The van der Waals surface area contributed by atoms with Gasteiger partial charge in [0.25, 0.3) is 0 Å². The van der Waals surface area contributed by atoms with Crippen LogP contribution in [-0.2, 0) is 0 Å². The van der Waals surface area contributed by atoms with Crippen LogP contribution < -0.4 is 0 Å². The molecule has 8 heteroatoms. The molecule has 0 N–H and O–H groups in total. The molecule has 0 spiro atoms. The Balaban J connectivity index is 2.35. The summed E-state index contributed by atoms with van der Waals surface area (Å²) >= 11 is 0. The molecule has 0 saturated heterocycles. The minimum atomic E-state index is -1.68. The Morgan fingerprint density at radius 3 is 1.00 bits per heavy atom. The fourth-order valence-corrected chi connectivity index (χ4v) is 1.32. The zero-order valence-electron chi connectivity index (χ0n) is 9.47. The number of nitrogens with zero attached hydrogens (tertiary/aromatic N) is 2. The van der Waals surface area contributed by atoms with Crippen LogP contribution in [0.5, 0.6) is 0 Å². The molecule has 2 aromatic carbocycles. The summed E-state index contributed by atoms with van der Waals surface area (Å²) in [6, 6.07) is 2.16. The van der Waals surface area contributed by atoms with Gasteiger partial charge in [0, 0.05) is 24.3 Å². The molecule has 104 valence electrons. The summed E-state index contributed by atoms with van der Waals surface area (Å²) in [5.74, 6) is -9.32. The highest BCUT2D eigenvalue weighted by atomic mass is 19.2. The summed E-state index contributed by atoms with van der Waals surface area (Å²) in [6.07, 6.45) is 0. The summed E-state index contributed by atoms with van der Waals surface area (Å²) in [7, 11) is 0. The van der Waals surface area contributed by atoms with Gasteiger partial charge in [0.2, 0.25) is 0 Å². The molecule has 2 aromatic rings. The van der Waals surface area contributed by atoms with Gasteiger partial charge in [-0.05, 0) is 0 Å². The van der Waals surface area contributed by atoms with E-state index in [-0.39, 0.29) is 0 Å². The Morgan fingerprint density at radius 2 is 0.750 bits per heavy atom. The second-order valence-corrected chi connectivity index (χ2v) is 3.65. The van der Waals surface area contributed by atoms with E-state index in [1.165, 1.54) is 0 Å². The van der Waals surface area contributed by atoms with Gasteiger partial charge in [-0.2, -0.15) is 10.2 Å². The van der Waals surface area contributed by atoms with E-state index in [1.54, 1.807) is 0 Å². The van der Waals surface area contributed by atoms with E-state index in [2.05, 4.69) is 10.2 Å². The standard InChI is InChI=1S/C12H4F6N2/c13-7-1-5(2-8(14)11(7)17)19-20-6-3-9(15)12(18)10(16)4-6/h1-4H. The van der Waals surface area contributed by atoms with Crippen LogP contribution in [0.4, 0.5) is 37.7 Å². The number of hydrogen-bond acceptors (Lipinski definition) is 2. The van der Waals surface area contributed by atoms with Crippen molar-refractivity contribution in [3.8, 4) is 0 Å². The predicted molar refractivity (Wildman–Crippen MR) is 56.8 cm³/mol. The maximum Gasteiger partial charge on any atom is 0.194 e. The SMILES string of the molecule is Fc1cc(N=Nc2cc(F)c(F)c(F)c2)cc(F)c1F. The van der Waals surface area contributed by atoms with Crippen LogP contribution in [0.15, 0.2) is 34.5 Å². The van der Waals surface area contributed by atoms with Crippen LogP contribution in [-0.4, -0.2) is 0 Å². The van der Waals surface area contributed by atoms with Gasteiger partial charge >= 0.3 is 0 Å². The molecular formula is C12H4F6N2. The third-order valence-corrected chi connectivity index (χ3v) is 2.22. The van der Waals surface area contributed by atoms with E-state index in [4.69, 9.17) is 0 Å². The van der Waals surface area contributed by atoms with Crippen LogP contribution in [0.25, 0.3) is 0 Å². The van der Waals surface area contributed by atoms with Gasteiger partial charge in [0.05, 0.1) is 11.4 Å². The monoisotopic (exact) mass is 290 g/mol. The molecular weight excluding hydrogens is 286 g/mol. The van der Waals surface area contributed by atoms with Crippen molar-refractivity contribution in [2.24, 2.45) is 10.2 Å². The first kappa shape index (κ1) is 14.0. The Hall–Kier alpha value is -2.38. The molecule has 0 bridgehead atoms. The minimum Gasteiger partial charge on any atom is -0.204 e. The molecule has 2 nitrogen and oxygen atoms in total. The van der Waals surface area contributed by atoms with Crippen LogP contribution in [0.3, 0.4) is 0 Å². The average Bonchev–Trinajstić information content (AvgIpc) is 2.39. The van der Waals surface area contributed by atoms with Gasteiger partial charge < -0.3 is 0 Å². The summed E-state index contributed by atoms with van der Waals surface area (Å²) in [5, 5.41) is 6.55. The molecule has 0 aliphatic heterocycles. The third kappa shape index (κ3) is 2.79.